The molecule has 0 N–H and O–H groups in total. The van der Waals surface area contributed by atoms with E-state index in [0.717, 1.165) is 5.06 Å². The van der Waals surface area contributed by atoms with Crippen LogP contribution in [-0.2, 0) is 24.3 Å². The zero-order valence-electron chi connectivity index (χ0n) is 26.8. The van der Waals surface area contributed by atoms with Crippen molar-refractivity contribution >= 4 is 11.9 Å². The van der Waals surface area contributed by atoms with E-state index in [4.69, 9.17) is 9.47 Å². The number of piperidine rings is 2. The maximum Gasteiger partial charge on any atom is 0.317 e. The Kier molecular flexibility index (Phi) is 7.50. The van der Waals surface area contributed by atoms with Crippen LogP contribution in [0.15, 0.2) is 0 Å². The van der Waals surface area contributed by atoms with E-state index < -0.39 is 52.5 Å². The number of rotatable bonds is 4. The normalized spacial score (nSPS) is 29.9. The van der Waals surface area contributed by atoms with Crippen LogP contribution >= 0.6 is 0 Å². The molecular weight excluding hydrogens is 468 g/mol. The van der Waals surface area contributed by atoms with Gasteiger partial charge in [0, 0.05) is 32.7 Å². The molecule has 0 aromatic carbocycles. The summed E-state index contributed by atoms with van der Waals surface area (Å²) in [6.07, 6.45) is -1.47. The molecule has 0 aromatic heterocycles. The predicted octanol–water partition coefficient (Wildman–Crippen LogP) is 6.03. The number of nitrogens with zero attached hydrogens (tertiary/aromatic N) is 2. The lowest BCUT2D eigenvalue weighted by Crippen LogP contribution is -2.76. The Labute approximate surface area is 226 Å². The van der Waals surface area contributed by atoms with Gasteiger partial charge in [-0.2, -0.15) is 0 Å². The fourth-order valence-electron chi connectivity index (χ4n) is 6.93. The minimum absolute atomic E-state index is 0.269. The van der Waals surface area contributed by atoms with Crippen molar-refractivity contribution in [3.05, 3.63) is 0 Å². The first-order valence-electron chi connectivity index (χ1n) is 13.7. The first-order chi connectivity index (χ1) is 16.1. The largest absolute Gasteiger partial charge is 0.461 e. The van der Waals surface area contributed by atoms with Crippen LogP contribution in [0, 0.1) is 21.7 Å². The van der Waals surface area contributed by atoms with Crippen LogP contribution in [0.3, 0.4) is 0 Å². The van der Waals surface area contributed by atoms with E-state index in [2.05, 4.69) is 67.3 Å². The summed E-state index contributed by atoms with van der Waals surface area (Å²) in [7, 11) is 2.12. The van der Waals surface area contributed by atoms with Crippen LogP contribution in [0.5, 0.6) is 0 Å². The number of ether oxygens (including phenoxy) is 2. The molecule has 2 aliphatic rings. The number of carbonyl (C=O) groups is 2. The Morgan fingerprint density at radius 1 is 0.541 bits per heavy atom. The molecular formula is C30H55N2O5. The minimum atomic E-state index is -0.795. The van der Waals surface area contributed by atoms with Gasteiger partial charge in [-0.05, 0) is 62.4 Å². The van der Waals surface area contributed by atoms with Gasteiger partial charge in [0.25, 0.3) is 0 Å². The highest BCUT2D eigenvalue weighted by molar-refractivity contribution is 5.91. The van der Waals surface area contributed by atoms with Crippen molar-refractivity contribution in [2.75, 3.05) is 7.05 Å². The lowest BCUT2D eigenvalue weighted by atomic mass is 9.52. The third-order valence-corrected chi connectivity index (χ3v) is 12.4. The Bertz CT molecular complexity index is 796. The van der Waals surface area contributed by atoms with Gasteiger partial charge < -0.3 is 9.47 Å². The van der Waals surface area contributed by atoms with E-state index in [-0.39, 0.29) is 21.9 Å². The molecule has 7 heteroatoms. The van der Waals surface area contributed by atoms with E-state index >= 15 is 0 Å². The molecule has 37 heavy (non-hydrogen) atoms. The van der Waals surface area contributed by atoms with Gasteiger partial charge in [-0.25, -0.2) is 0 Å². The van der Waals surface area contributed by atoms with Crippen molar-refractivity contribution in [3.8, 4) is 0 Å². The van der Waals surface area contributed by atoms with Gasteiger partial charge in [-0.3, -0.25) is 14.5 Å². The molecule has 2 saturated heterocycles. The minimum Gasteiger partial charge on any atom is -0.461 e. The average molecular weight is 524 g/mol. The summed E-state index contributed by atoms with van der Waals surface area (Å²) in [6.45, 7) is 32.6. The summed E-state index contributed by atoms with van der Waals surface area (Å²) in [4.78, 5) is 28.9. The summed E-state index contributed by atoms with van der Waals surface area (Å²) >= 11 is 0. The number of likely N-dealkylation sites (tertiary alicyclic amines) is 1. The molecule has 1 radical (unpaired) electrons. The highest BCUT2D eigenvalue weighted by atomic mass is 16.6. The van der Waals surface area contributed by atoms with Gasteiger partial charge in [-0.15, -0.1) is 10.3 Å². The van der Waals surface area contributed by atoms with Crippen LogP contribution in [0.2, 0.25) is 0 Å². The van der Waals surface area contributed by atoms with Crippen LogP contribution in [0.1, 0.15) is 117 Å². The summed E-state index contributed by atoms with van der Waals surface area (Å²) in [6, 6.07) is 0. The predicted molar refractivity (Wildman–Crippen MR) is 146 cm³/mol. The van der Waals surface area contributed by atoms with Gasteiger partial charge in [-0.1, -0.05) is 55.4 Å². The molecule has 0 unspecified atom stereocenters. The third kappa shape index (κ3) is 4.17. The topological polar surface area (TPSA) is 79.0 Å². The lowest BCUT2D eigenvalue weighted by molar-refractivity contribution is -0.369. The van der Waals surface area contributed by atoms with Crippen LogP contribution in [-0.4, -0.2) is 63.3 Å². The Morgan fingerprint density at radius 2 is 0.784 bits per heavy atom. The SMILES string of the molecule is CN1C(C)(C)C(C)(C)C(OC(=O)CC(=O)OC2C(C)(C)C(C)(C)N([O])C(C)(C)C2(C)C)C(C)(C)C1(C)C. The summed E-state index contributed by atoms with van der Waals surface area (Å²) < 4.78 is 12.3. The molecule has 2 fully saturated rings. The summed E-state index contributed by atoms with van der Waals surface area (Å²) in [5, 5.41) is 14.5. The monoisotopic (exact) mass is 523 g/mol. The quantitative estimate of drug-likeness (QED) is 0.331. The first kappa shape index (κ1) is 32.0. The molecule has 7 nitrogen and oxygen atoms in total. The van der Waals surface area contributed by atoms with Crippen molar-refractivity contribution in [3.63, 3.8) is 0 Å². The van der Waals surface area contributed by atoms with Crippen molar-refractivity contribution in [2.45, 2.75) is 152 Å². The van der Waals surface area contributed by atoms with Gasteiger partial charge in [0.05, 0.1) is 11.1 Å². The van der Waals surface area contributed by atoms with E-state index in [1.807, 2.05) is 55.4 Å². The standard InChI is InChI=1S/C30H55N2O5/c1-23(2)21(24(3,4)28(11,12)31(17)27(23,9)10)36-19(33)18-20(34)37-22-25(5,6)29(13,14)32(35)30(15,16)26(22,7)8/h21-22H,18H2,1-17H3. The van der Waals surface area contributed by atoms with Gasteiger partial charge in [0.15, 0.2) is 0 Å². The van der Waals surface area contributed by atoms with Crippen LogP contribution < -0.4 is 0 Å². The lowest BCUT2D eigenvalue weighted by Gasteiger charge is -2.68. The van der Waals surface area contributed by atoms with Gasteiger partial charge in [0.2, 0.25) is 0 Å². The molecule has 2 heterocycles. The molecule has 0 aliphatic carbocycles. The molecule has 0 aromatic rings. The van der Waals surface area contributed by atoms with Crippen molar-refractivity contribution in [1.29, 1.82) is 0 Å². The molecule has 0 saturated carbocycles. The van der Waals surface area contributed by atoms with E-state index in [0.29, 0.717) is 0 Å². The van der Waals surface area contributed by atoms with Crippen molar-refractivity contribution < 1.29 is 24.3 Å². The van der Waals surface area contributed by atoms with E-state index in [9.17, 15) is 14.8 Å². The molecule has 215 valence electrons. The zero-order chi connectivity index (χ0) is 29.6. The maximum atomic E-state index is 13.4. The summed E-state index contributed by atoms with van der Waals surface area (Å²) in [5.41, 5.74) is -4.24. The summed E-state index contributed by atoms with van der Waals surface area (Å²) in [5.74, 6) is -1.20. The van der Waals surface area contributed by atoms with Crippen molar-refractivity contribution in [2.24, 2.45) is 21.7 Å². The zero-order valence-corrected chi connectivity index (χ0v) is 26.8. The van der Waals surface area contributed by atoms with Crippen LogP contribution in [0.25, 0.3) is 0 Å². The smallest absolute Gasteiger partial charge is 0.317 e. The fraction of sp³-hybridized carbons (Fsp3) is 0.933. The Morgan fingerprint density at radius 3 is 1.05 bits per heavy atom. The number of hydrogen-bond acceptors (Lipinski definition) is 6. The molecule has 2 rings (SSSR count). The molecule has 0 spiro atoms. The van der Waals surface area contributed by atoms with E-state index in [1.165, 1.54) is 0 Å². The highest BCUT2D eigenvalue weighted by Gasteiger charge is 2.68. The fourth-order valence-corrected chi connectivity index (χ4v) is 6.93. The third-order valence-electron chi connectivity index (χ3n) is 12.4. The number of hydrogen-bond donors (Lipinski definition) is 0. The first-order valence-corrected chi connectivity index (χ1v) is 13.7. The molecule has 0 bridgehead atoms. The molecule has 0 amide bonds. The maximum absolute atomic E-state index is 13.4. The second kappa shape index (κ2) is 8.66. The Balaban J connectivity index is 2.32. The average Bonchev–Trinajstić information content (AvgIpc) is 2.71. The Hall–Kier alpha value is -1.18. The second-order valence-corrected chi connectivity index (χ2v) is 15.9. The number of carbonyl (C=O) groups excluding carboxylic acids is 2. The molecule has 0 atom stereocenters. The van der Waals surface area contributed by atoms with Crippen molar-refractivity contribution in [1.82, 2.24) is 9.96 Å². The molecule has 2 aliphatic heterocycles. The van der Waals surface area contributed by atoms with E-state index in [1.54, 1.807) is 0 Å². The highest BCUT2D eigenvalue weighted by Crippen LogP contribution is 2.59. The van der Waals surface area contributed by atoms with Gasteiger partial charge in [0.1, 0.15) is 18.6 Å². The second-order valence-electron chi connectivity index (χ2n) is 15.9. The van der Waals surface area contributed by atoms with Crippen LogP contribution in [0.4, 0.5) is 0 Å². The number of hydroxylamine groups is 2. The van der Waals surface area contributed by atoms with Gasteiger partial charge >= 0.3 is 11.9 Å². The number of esters is 2.